The van der Waals surface area contributed by atoms with Crippen molar-refractivity contribution in [1.29, 1.82) is 0 Å². The van der Waals surface area contributed by atoms with Crippen LogP contribution in [-0.2, 0) is 4.79 Å². The molecule has 2 rings (SSSR count). The van der Waals surface area contributed by atoms with E-state index in [2.05, 4.69) is 24.2 Å². The molecule has 0 spiro atoms. The van der Waals surface area contributed by atoms with Crippen molar-refractivity contribution in [3.05, 3.63) is 23.8 Å². The van der Waals surface area contributed by atoms with Crippen LogP contribution in [0, 0.1) is 12.8 Å². The molecule has 1 aliphatic rings. The maximum absolute atomic E-state index is 12.2. The monoisotopic (exact) mass is 289 g/mol. The Balaban J connectivity index is 1.90. The van der Waals surface area contributed by atoms with Gasteiger partial charge in [-0.3, -0.25) is 9.69 Å². The van der Waals surface area contributed by atoms with E-state index in [0.717, 1.165) is 11.3 Å². The highest BCUT2D eigenvalue weighted by molar-refractivity contribution is 5.92. The smallest absolute Gasteiger partial charge is 0.238 e. The number of likely N-dealkylation sites (N-methyl/N-ethyl adjacent to an activating group) is 1. The lowest BCUT2D eigenvalue weighted by Gasteiger charge is -2.35. The number of amides is 1. The number of benzene rings is 1. The second kappa shape index (κ2) is 6.94. The van der Waals surface area contributed by atoms with Crippen LogP contribution >= 0.6 is 0 Å². The van der Waals surface area contributed by atoms with Crippen LogP contribution in [-0.4, -0.2) is 30.4 Å². The SMILES string of the molecule is Cc1ccc(NC(=O)CN(C)C2CCCCC2C)cc1N. The van der Waals surface area contributed by atoms with Crippen molar-refractivity contribution in [1.82, 2.24) is 4.90 Å². The fourth-order valence-electron chi connectivity index (χ4n) is 3.21. The van der Waals surface area contributed by atoms with Crippen LogP contribution in [0.2, 0.25) is 0 Å². The van der Waals surface area contributed by atoms with Crippen LogP contribution in [0.15, 0.2) is 18.2 Å². The zero-order chi connectivity index (χ0) is 15.4. The van der Waals surface area contributed by atoms with Crippen molar-refractivity contribution in [3.63, 3.8) is 0 Å². The molecule has 0 aromatic heterocycles. The Morgan fingerprint density at radius 2 is 2.10 bits per heavy atom. The van der Waals surface area contributed by atoms with Crippen LogP contribution in [0.1, 0.15) is 38.2 Å². The number of nitrogen functional groups attached to an aromatic ring is 1. The first kappa shape index (κ1) is 15.8. The Bertz CT molecular complexity index is 501. The number of carbonyl (C=O) groups excluding carboxylic acids is 1. The molecule has 1 aliphatic carbocycles. The van der Waals surface area contributed by atoms with Gasteiger partial charge in [0.05, 0.1) is 6.54 Å². The number of nitrogens with one attached hydrogen (secondary N) is 1. The van der Waals surface area contributed by atoms with E-state index in [4.69, 9.17) is 5.73 Å². The molecule has 3 N–H and O–H groups in total. The standard InChI is InChI=1S/C17H27N3O/c1-12-8-9-14(10-15(12)18)19-17(21)11-20(3)16-7-5-4-6-13(16)2/h8-10,13,16H,4-7,11,18H2,1-3H3,(H,19,21). The minimum Gasteiger partial charge on any atom is -0.398 e. The molecule has 1 aromatic carbocycles. The second-order valence-corrected chi connectivity index (χ2v) is 6.36. The van der Waals surface area contributed by atoms with E-state index in [9.17, 15) is 4.79 Å². The largest absolute Gasteiger partial charge is 0.398 e. The van der Waals surface area contributed by atoms with Crippen molar-refractivity contribution in [2.24, 2.45) is 5.92 Å². The molecule has 1 fully saturated rings. The van der Waals surface area contributed by atoms with E-state index in [-0.39, 0.29) is 5.91 Å². The Morgan fingerprint density at radius 3 is 2.76 bits per heavy atom. The number of aryl methyl sites for hydroxylation is 1. The lowest BCUT2D eigenvalue weighted by molar-refractivity contribution is -0.117. The van der Waals surface area contributed by atoms with Crippen molar-refractivity contribution >= 4 is 17.3 Å². The Labute approximate surface area is 127 Å². The van der Waals surface area contributed by atoms with Crippen molar-refractivity contribution in [3.8, 4) is 0 Å². The van der Waals surface area contributed by atoms with Crippen molar-refractivity contribution in [2.75, 3.05) is 24.6 Å². The highest BCUT2D eigenvalue weighted by Gasteiger charge is 2.25. The van der Waals surface area contributed by atoms with Gasteiger partial charge in [0.15, 0.2) is 0 Å². The lowest BCUT2D eigenvalue weighted by atomic mass is 9.85. The molecule has 116 valence electrons. The van der Waals surface area contributed by atoms with E-state index in [1.54, 1.807) is 0 Å². The average Bonchev–Trinajstić information content (AvgIpc) is 2.43. The number of nitrogens with two attached hydrogens (primary N) is 1. The fourth-order valence-corrected chi connectivity index (χ4v) is 3.21. The van der Waals surface area contributed by atoms with Crippen LogP contribution < -0.4 is 11.1 Å². The fraction of sp³-hybridized carbons (Fsp3) is 0.588. The number of hydrogen-bond acceptors (Lipinski definition) is 3. The number of nitrogens with zero attached hydrogens (tertiary/aromatic N) is 1. The van der Waals surface area contributed by atoms with Gasteiger partial charge in [-0.15, -0.1) is 0 Å². The van der Waals surface area contributed by atoms with Crippen molar-refractivity contribution in [2.45, 2.75) is 45.6 Å². The van der Waals surface area contributed by atoms with Gasteiger partial charge >= 0.3 is 0 Å². The normalized spacial score (nSPS) is 22.3. The van der Waals surface area contributed by atoms with E-state index >= 15 is 0 Å². The van der Waals surface area contributed by atoms with Gasteiger partial charge < -0.3 is 11.1 Å². The summed E-state index contributed by atoms with van der Waals surface area (Å²) in [6.07, 6.45) is 5.06. The van der Waals surface area contributed by atoms with Crippen LogP contribution in [0.25, 0.3) is 0 Å². The summed E-state index contributed by atoms with van der Waals surface area (Å²) in [7, 11) is 2.05. The molecule has 0 aliphatic heterocycles. The highest BCUT2D eigenvalue weighted by Crippen LogP contribution is 2.27. The van der Waals surface area contributed by atoms with Gasteiger partial charge in [-0.1, -0.05) is 25.8 Å². The second-order valence-electron chi connectivity index (χ2n) is 6.36. The first-order chi connectivity index (χ1) is 9.97. The molecule has 21 heavy (non-hydrogen) atoms. The molecule has 4 heteroatoms. The molecule has 1 amide bonds. The molecule has 0 saturated heterocycles. The maximum atomic E-state index is 12.2. The van der Waals surface area contributed by atoms with Crippen LogP contribution in [0.4, 0.5) is 11.4 Å². The first-order valence-electron chi connectivity index (χ1n) is 7.83. The summed E-state index contributed by atoms with van der Waals surface area (Å²) >= 11 is 0. The topological polar surface area (TPSA) is 58.4 Å². The van der Waals surface area contributed by atoms with Gasteiger partial charge in [0.2, 0.25) is 5.91 Å². The van der Waals surface area contributed by atoms with E-state index < -0.39 is 0 Å². The van der Waals surface area contributed by atoms with E-state index in [0.29, 0.717) is 24.2 Å². The van der Waals surface area contributed by atoms with Crippen LogP contribution in [0.5, 0.6) is 0 Å². The van der Waals surface area contributed by atoms with Gasteiger partial charge in [-0.2, -0.15) is 0 Å². The van der Waals surface area contributed by atoms with Gasteiger partial charge in [0.1, 0.15) is 0 Å². The minimum atomic E-state index is 0.0264. The summed E-state index contributed by atoms with van der Waals surface area (Å²) in [6, 6.07) is 6.16. The van der Waals surface area contributed by atoms with Gasteiger partial charge in [0, 0.05) is 17.4 Å². The molecule has 0 bridgehead atoms. The van der Waals surface area contributed by atoms with E-state index in [1.807, 2.05) is 25.1 Å². The zero-order valence-corrected chi connectivity index (χ0v) is 13.4. The molecular weight excluding hydrogens is 262 g/mol. The summed E-state index contributed by atoms with van der Waals surface area (Å²) in [5, 5.41) is 2.93. The summed E-state index contributed by atoms with van der Waals surface area (Å²) in [5.41, 5.74) is 8.38. The Hall–Kier alpha value is -1.55. The average molecular weight is 289 g/mol. The zero-order valence-electron chi connectivity index (χ0n) is 13.4. The van der Waals surface area contributed by atoms with Gasteiger partial charge in [-0.25, -0.2) is 0 Å². The number of anilines is 2. The number of rotatable bonds is 4. The number of carbonyl (C=O) groups is 1. The molecule has 4 nitrogen and oxygen atoms in total. The molecule has 1 aromatic rings. The molecule has 1 saturated carbocycles. The molecule has 0 radical (unpaired) electrons. The summed E-state index contributed by atoms with van der Waals surface area (Å²) in [4.78, 5) is 14.4. The maximum Gasteiger partial charge on any atom is 0.238 e. The summed E-state index contributed by atoms with van der Waals surface area (Å²) in [6.45, 7) is 4.68. The lowest BCUT2D eigenvalue weighted by Crippen LogP contribution is -2.42. The Morgan fingerprint density at radius 1 is 1.38 bits per heavy atom. The van der Waals surface area contributed by atoms with Crippen molar-refractivity contribution < 1.29 is 4.79 Å². The predicted octanol–water partition coefficient (Wildman–Crippen LogP) is 3.03. The summed E-state index contributed by atoms with van der Waals surface area (Å²) in [5.74, 6) is 0.699. The third-order valence-electron chi connectivity index (χ3n) is 4.59. The molecule has 0 heterocycles. The molecular formula is C17H27N3O. The Kier molecular flexibility index (Phi) is 5.23. The molecule has 2 atom stereocenters. The van der Waals surface area contributed by atoms with Crippen LogP contribution in [0.3, 0.4) is 0 Å². The van der Waals surface area contributed by atoms with E-state index in [1.165, 1.54) is 25.7 Å². The van der Waals surface area contributed by atoms with Gasteiger partial charge in [0.25, 0.3) is 0 Å². The highest BCUT2D eigenvalue weighted by atomic mass is 16.2. The third-order valence-corrected chi connectivity index (χ3v) is 4.59. The quantitative estimate of drug-likeness (QED) is 0.838. The summed E-state index contributed by atoms with van der Waals surface area (Å²) < 4.78 is 0. The van der Waals surface area contributed by atoms with Gasteiger partial charge in [-0.05, 0) is 50.4 Å². The minimum absolute atomic E-state index is 0.0264. The molecule has 2 unspecified atom stereocenters. The number of hydrogen-bond donors (Lipinski definition) is 2. The first-order valence-corrected chi connectivity index (χ1v) is 7.83. The third kappa shape index (κ3) is 4.21. The predicted molar refractivity (Wildman–Crippen MR) is 88.3 cm³/mol.